The van der Waals surface area contributed by atoms with E-state index in [2.05, 4.69) is 16.9 Å². The average molecular weight is 383 g/mol. The topological polar surface area (TPSA) is 65.6 Å². The summed E-state index contributed by atoms with van der Waals surface area (Å²) in [5.41, 5.74) is 1.34. The summed E-state index contributed by atoms with van der Waals surface area (Å²) >= 11 is 0. The molecule has 3 rings (SSSR count). The Kier molecular flexibility index (Phi) is 6.52. The SMILES string of the molecule is COc1ccc(-c2ccc(C(=O)N(C)CCN(C)C3CCCC3)c(=O)[nH]2)cc1. The number of ether oxygens (including phenoxy) is 1. The normalized spacial score (nSPS) is 14.4. The number of aromatic nitrogens is 1. The van der Waals surface area contributed by atoms with Gasteiger partial charge in [0.25, 0.3) is 11.5 Å². The van der Waals surface area contributed by atoms with Crippen molar-refractivity contribution in [3.8, 4) is 17.0 Å². The van der Waals surface area contributed by atoms with Crippen LogP contribution in [0.5, 0.6) is 5.75 Å². The lowest BCUT2D eigenvalue weighted by atomic mass is 10.1. The van der Waals surface area contributed by atoms with Crippen LogP contribution in [0, 0.1) is 0 Å². The number of methoxy groups -OCH3 is 1. The van der Waals surface area contributed by atoms with Gasteiger partial charge in [-0.3, -0.25) is 9.59 Å². The standard InChI is InChI=1S/C22H29N3O3/c1-24(17-6-4-5-7-17)14-15-25(2)22(27)19-12-13-20(23-21(19)26)16-8-10-18(28-3)11-9-16/h8-13,17H,4-7,14-15H2,1-3H3,(H,23,26). The van der Waals surface area contributed by atoms with Crippen LogP contribution in [-0.4, -0.2) is 61.0 Å². The van der Waals surface area contributed by atoms with E-state index in [-0.39, 0.29) is 17.0 Å². The molecule has 1 N–H and O–H groups in total. The minimum absolute atomic E-state index is 0.170. The Morgan fingerprint density at radius 3 is 2.36 bits per heavy atom. The molecule has 0 spiro atoms. The van der Waals surface area contributed by atoms with E-state index in [1.54, 1.807) is 31.2 Å². The molecule has 1 aromatic carbocycles. The van der Waals surface area contributed by atoms with E-state index >= 15 is 0 Å². The number of likely N-dealkylation sites (N-methyl/N-ethyl adjacent to an activating group) is 2. The highest BCUT2D eigenvalue weighted by Crippen LogP contribution is 2.22. The molecule has 1 amide bonds. The number of pyridine rings is 1. The first-order valence-electron chi connectivity index (χ1n) is 9.83. The molecular formula is C22H29N3O3. The summed E-state index contributed by atoms with van der Waals surface area (Å²) in [5, 5.41) is 0. The predicted molar refractivity (Wildman–Crippen MR) is 111 cm³/mol. The van der Waals surface area contributed by atoms with Gasteiger partial charge in [0.1, 0.15) is 11.3 Å². The van der Waals surface area contributed by atoms with Crippen LogP contribution in [-0.2, 0) is 0 Å². The second-order valence-electron chi connectivity index (χ2n) is 7.49. The number of nitrogens with zero attached hydrogens (tertiary/aromatic N) is 2. The number of rotatable bonds is 7. The predicted octanol–water partition coefficient (Wildman–Crippen LogP) is 3.00. The third-order valence-corrected chi connectivity index (χ3v) is 5.62. The van der Waals surface area contributed by atoms with Crippen molar-refractivity contribution in [3.63, 3.8) is 0 Å². The molecule has 1 saturated carbocycles. The molecule has 1 aromatic heterocycles. The lowest BCUT2D eigenvalue weighted by molar-refractivity contribution is 0.0773. The molecular weight excluding hydrogens is 354 g/mol. The van der Waals surface area contributed by atoms with Gasteiger partial charge in [-0.25, -0.2) is 0 Å². The molecule has 1 heterocycles. The fourth-order valence-corrected chi connectivity index (χ4v) is 3.72. The van der Waals surface area contributed by atoms with Gasteiger partial charge in [0.05, 0.1) is 7.11 Å². The highest BCUT2D eigenvalue weighted by molar-refractivity contribution is 5.94. The van der Waals surface area contributed by atoms with Crippen LogP contribution in [0.15, 0.2) is 41.2 Å². The second kappa shape index (κ2) is 9.06. The zero-order chi connectivity index (χ0) is 20.1. The van der Waals surface area contributed by atoms with Crippen LogP contribution in [0.2, 0.25) is 0 Å². The van der Waals surface area contributed by atoms with Crippen LogP contribution < -0.4 is 10.3 Å². The van der Waals surface area contributed by atoms with Gasteiger partial charge in [-0.05, 0) is 61.9 Å². The first-order valence-corrected chi connectivity index (χ1v) is 9.83. The quantitative estimate of drug-likeness (QED) is 0.798. The highest BCUT2D eigenvalue weighted by Gasteiger charge is 2.21. The fourth-order valence-electron chi connectivity index (χ4n) is 3.72. The zero-order valence-corrected chi connectivity index (χ0v) is 16.9. The number of H-pyrrole nitrogens is 1. The monoisotopic (exact) mass is 383 g/mol. The summed E-state index contributed by atoms with van der Waals surface area (Å²) in [6.45, 7) is 1.42. The van der Waals surface area contributed by atoms with Crippen LogP contribution >= 0.6 is 0 Å². The van der Waals surface area contributed by atoms with Gasteiger partial charge >= 0.3 is 0 Å². The van der Waals surface area contributed by atoms with Crippen LogP contribution in [0.4, 0.5) is 0 Å². The Morgan fingerprint density at radius 2 is 1.75 bits per heavy atom. The highest BCUT2D eigenvalue weighted by atomic mass is 16.5. The van der Waals surface area contributed by atoms with Crippen molar-refractivity contribution in [3.05, 3.63) is 52.3 Å². The molecule has 6 heteroatoms. The van der Waals surface area contributed by atoms with Crippen molar-refractivity contribution >= 4 is 5.91 Å². The lowest BCUT2D eigenvalue weighted by Crippen LogP contribution is -2.39. The van der Waals surface area contributed by atoms with Crippen molar-refractivity contribution in [2.24, 2.45) is 0 Å². The Balaban J connectivity index is 1.65. The maximum absolute atomic E-state index is 12.7. The summed E-state index contributed by atoms with van der Waals surface area (Å²) in [6.07, 6.45) is 5.06. The first kappa shape index (κ1) is 20.1. The largest absolute Gasteiger partial charge is 0.497 e. The van der Waals surface area contributed by atoms with Gasteiger partial charge in [0.15, 0.2) is 0 Å². The van der Waals surface area contributed by atoms with Gasteiger partial charge in [-0.2, -0.15) is 0 Å². The van der Waals surface area contributed by atoms with Crippen molar-refractivity contribution in [1.29, 1.82) is 0 Å². The molecule has 150 valence electrons. The molecule has 0 atom stereocenters. The zero-order valence-electron chi connectivity index (χ0n) is 16.9. The molecule has 0 aliphatic heterocycles. The Labute approximate surface area is 166 Å². The number of nitrogens with one attached hydrogen (secondary N) is 1. The van der Waals surface area contributed by atoms with E-state index in [0.29, 0.717) is 18.3 Å². The minimum Gasteiger partial charge on any atom is -0.497 e. The van der Waals surface area contributed by atoms with Crippen molar-refractivity contribution in [2.75, 3.05) is 34.3 Å². The molecule has 0 radical (unpaired) electrons. The summed E-state index contributed by atoms with van der Waals surface area (Å²) < 4.78 is 5.15. The summed E-state index contributed by atoms with van der Waals surface area (Å²) in [6, 6.07) is 11.4. The number of amides is 1. The molecule has 2 aromatic rings. The van der Waals surface area contributed by atoms with Crippen LogP contribution in [0.25, 0.3) is 11.3 Å². The van der Waals surface area contributed by atoms with Gasteiger partial charge in [0, 0.05) is 31.9 Å². The smallest absolute Gasteiger partial charge is 0.261 e. The Hall–Kier alpha value is -2.60. The van der Waals surface area contributed by atoms with E-state index in [0.717, 1.165) is 17.9 Å². The van der Waals surface area contributed by atoms with E-state index in [1.807, 2.05) is 24.3 Å². The molecule has 0 unspecified atom stereocenters. The molecule has 6 nitrogen and oxygen atoms in total. The van der Waals surface area contributed by atoms with Crippen LogP contribution in [0.3, 0.4) is 0 Å². The van der Waals surface area contributed by atoms with Gasteiger partial charge in [-0.15, -0.1) is 0 Å². The molecule has 1 fully saturated rings. The Bertz CT molecular complexity index is 854. The van der Waals surface area contributed by atoms with Crippen LogP contribution in [0.1, 0.15) is 36.0 Å². The van der Waals surface area contributed by atoms with E-state index in [1.165, 1.54) is 25.7 Å². The number of carbonyl (C=O) groups is 1. The number of benzene rings is 1. The molecule has 0 bridgehead atoms. The number of hydrogen-bond acceptors (Lipinski definition) is 4. The maximum atomic E-state index is 12.7. The van der Waals surface area contributed by atoms with Gasteiger partial charge < -0.3 is 19.5 Å². The molecule has 1 aliphatic rings. The van der Waals surface area contributed by atoms with Gasteiger partial charge in [0.2, 0.25) is 0 Å². The Morgan fingerprint density at radius 1 is 1.07 bits per heavy atom. The van der Waals surface area contributed by atoms with E-state index < -0.39 is 0 Å². The average Bonchev–Trinajstić information content (AvgIpc) is 3.26. The number of hydrogen-bond donors (Lipinski definition) is 1. The molecule has 28 heavy (non-hydrogen) atoms. The van der Waals surface area contributed by atoms with Crippen molar-refractivity contribution in [1.82, 2.24) is 14.8 Å². The molecule has 0 saturated heterocycles. The fraction of sp³-hybridized carbons (Fsp3) is 0.455. The number of aromatic amines is 1. The van der Waals surface area contributed by atoms with Crippen molar-refractivity contribution < 1.29 is 9.53 Å². The molecule has 1 aliphatic carbocycles. The first-order chi connectivity index (χ1) is 13.5. The van der Waals surface area contributed by atoms with E-state index in [4.69, 9.17) is 4.74 Å². The second-order valence-corrected chi connectivity index (χ2v) is 7.49. The summed E-state index contributed by atoms with van der Waals surface area (Å²) in [7, 11) is 5.48. The van der Waals surface area contributed by atoms with Gasteiger partial charge in [-0.1, -0.05) is 12.8 Å². The lowest BCUT2D eigenvalue weighted by Gasteiger charge is -2.26. The third kappa shape index (κ3) is 4.62. The number of carbonyl (C=O) groups excluding carboxylic acids is 1. The van der Waals surface area contributed by atoms with E-state index in [9.17, 15) is 9.59 Å². The summed E-state index contributed by atoms with van der Waals surface area (Å²) in [5.74, 6) is 0.504. The maximum Gasteiger partial charge on any atom is 0.261 e. The minimum atomic E-state index is -0.366. The van der Waals surface area contributed by atoms with Crippen molar-refractivity contribution in [2.45, 2.75) is 31.7 Å². The summed E-state index contributed by atoms with van der Waals surface area (Å²) in [4.78, 5) is 32.0. The third-order valence-electron chi connectivity index (χ3n) is 5.62.